The van der Waals surface area contributed by atoms with Gasteiger partial charge in [-0.2, -0.15) is 5.10 Å². The molecular formula is C12H14N4O3S2. The molecule has 0 radical (unpaired) electrons. The lowest BCUT2D eigenvalue weighted by Crippen LogP contribution is -2.14. The Hall–Kier alpha value is -2.13. The average Bonchev–Trinajstić information content (AvgIpc) is 2.86. The molecule has 0 aliphatic heterocycles. The van der Waals surface area contributed by atoms with E-state index in [9.17, 15) is 8.42 Å². The van der Waals surface area contributed by atoms with Gasteiger partial charge in [-0.25, -0.2) is 8.42 Å². The van der Waals surface area contributed by atoms with E-state index in [2.05, 4.69) is 9.82 Å². The second-order valence-corrected chi connectivity index (χ2v) is 6.36. The smallest absolute Gasteiger partial charge is 0.265 e. The van der Waals surface area contributed by atoms with E-state index in [0.29, 0.717) is 17.0 Å². The molecular weight excluding hydrogens is 312 g/mol. The first-order chi connectivity index (χ1) is 9.83. The van der Waals surface area contributed by atoms with E-state index in [4.69, 9.17) is 22.7 Å². The largest absolute Gasteiger partial charge is 0.495 e. The maximum atomic E-state index is 12.2. The van der Waals surface area contributed by atoms with Crippen LogP contribution in [-0.4, -0.2) is 30.3 Å². The lowest BCUT2D eigenvalue weighted by Gasteiger charge is -2.12. The van der Waals surface area contributed by atoms with Crippen molar-refractivity contribution in [2.45, 2.75) is 4.90 Å². The monoisotopic (exact) mass is 326 g/mol. The summed E-state index contributed by atoms with van der Waals surface area (Å²) in [6.45, 7) is 0. The molecule has 0 atom stereocenters. The number of aromatic nitrogens is 2. The van der Waals surface area contributed by atoms with Gasteiger partial charge in [0.05, 0.1) is 19.0 Å². The Bertz CT molecular complexity index is 784. The van der Waals surface area contributed by atoms with Crippen LogP contribution in [0.1, 0.15) is 5.56 Å². The van der Waals surface area contributed by atoms with Crippen LogP contribution in [0.4, 0.5) is 5.69 Å². The topological polar surface area (TPSA) is 99.2 Å². The van der Waals surface area contributed by atoms with Crippen molar-refractivity contribution in [3.8, 4) is 5.75 Å². The first-order valence-corrected chi connectivity index (χ1v) is 7.72. The van der Waals surface area contributed by atoms with E-state index < -0.39 is 10.0 Å². The summed E-state index contributed by atoms with van der Waals surface area (Å²) in [5.74, 6) is 0.327. The molecule has 0 fully saturated rings. The van der Waals surface area contributed by atoms with Gasteiger partial charge in [-0.1, -0.05) is 12.2 Å². The molecule has 112 valence electrons. The van der Waals surface area contributed by atoms with Crippen molar-refractivity contribution in [1.29, 1.82) is 0 Å². The normalized spacial score (nSPS) is 11.1. The zero-order chi connectivity index (χ0) is 15.6. The van der Waals surface area contributed by atoms with Crippen LogP contribution in [0.25, 0.3) is 0 Å². The number of nitrogens with one attached hydrogen (secondary N) is 1. The molecule has 3 N–H and O–H groups in total. The van der Waals surface area contributed by atoms with Gasteiger partial charge in [-0.05, 0) is 18.2 Å². The van der Waals surface area contributed by atoms with Crippen molar-refractivity contribution >= 4 is 32.9 Å². The minimum absolute atomic E-state index is 0.0606. The van der Waals surface area contributed by atoms with Crippen molar-refractivity contribution < 1.29 is 13.2 Å². The van der Waals surface area contributed by atoms with E-state index in [1.807, 2.05) is 0 Å². The molecule has 21 heavy (non-hydrogen) atoms. The third kappa shape index (κ3) is 3.31. The Balaban J connectivity index is 2.37. The van der Waals surface area contributed by atoms with Gasteiger partial charge in [-0.15, -0.1) is 0 Å². The number of aryl methyl sites for hydroxylation is 1. The van der Waals surface area contributed by atoms with Gasteiger partial charge in [0.2, 0.25) is 0 Å². The minimum Gasteiger partial charge on any atom is -0.495 e. The molecule has 9 heteroatoms. The van der Waals surface area contributed by atoms with Crippen LogP contribution in [0.3, 0.4) is 0 Å². The van der Waals surface area contributed by atoms with Crippen LogP contribution in [-0.2, 0) is 17.1 Å². The Morgan fingerprint density at radius 3 is 2.71 bits per heavy atom. The Labute approximate surface area is 127 Å². The number of hydrogen-bond donors (Lipinski definition) is 2. The molecule has 0 bridgehead atoms. The van der Waals surface area contributed by atoms with Crippen molar-refractivity contribution in [1.82, 2.24) is 9.78 Å². The highest BCUT2D eigenvalue weighted by molar-refractivity contribution is 7.92. The van der Waals surface area contributed by atoms with E-state index in [-0.39, 0.29) is 9.88 Å². The fourth-order valence-electron chi connectivity index (χ4n) is 1.67. The molecule has 0 aliphatic carbocycles. The first-order valence-electron chi connectivity index (χ1n) is 5.83. The Morgan fingerprint density at radius 1 is 1.48 bits per heavy atom. The number of ether oxygens (including phenoxy) is 1. The zero-order valence-electron chi connectivity index (χ0n) is 11.4. The molecule has 0 unspecified atom stereocenters. The molecule has 1 heterocycles. The van der Waals surface area contributed by atoms with Gasteiger partial charge < -0.3 is 10.5 Å². The molecule has 1 aromatic heterocycles. The van der Waals surface area contributed by atoms with Gasteiger partial charge in [0, 0.05) is 18.8 Å². The maximum absolute atomic E-state index is 12.2. The van der Waals surface area contributed by atoms with Crippen molar-refractivity contribution in [3.05, 3.63) is 36.2 Å². The molecule has 7 nitrogen and oxygen atoms in total. The fourth-order valence-corrected chi connectivity index (χ4v) is 2.85. The highest BCUT2D eigenvalue weighted by atomic mass is 32.2. The van der Waals surface area contributed by atoms with E-state index >= 15 is 0 Å². The molecule has 0 saturated heterocycles. The molecule has 0 saturated carbocycles. The van der Waals surface area contributed by atoms with Crippen LogP contribution in [0.5, 0.6) is 5.75 Å². The number of methoxy groups -OCH3 is 1. The SMILES string of the molecule is COc1cc(C(N)=S)ccc1NS(=O)(=O)c1cnn(C)c1. The number of anilines is 1. The first kappa shape index (κ1) is 15.3. The van der Waals surface area contributed by atoms with Gasteiger partial charge in [-0.3, -0.25) is 9.40 Å². The summed E-state index contributed by atoms with van der Waals surface area (Å²) < 4.78 is 33.5. The molecule has 2 aromatic rings. The summed E-state index contributed by atoms with van der Waals surface area (Å²) in [5, 5.41) is 3.84. The number of thiocarbonyl (C=S) groups is 1. The van der Waals surface area contributed by atoms with E-state index in [0.717, 1.165) is 0 Å². The third-order valence-corrected chi connectivity index (χ3v) is 4.28. The summed E-state index contributed by atoms with van der Waals surface area (Å²) >= 11 is 4.87. The summed E-state index contributed by atoms with van der Waals surface area (Å²) in [5.41, 5.74) is 6.42. The molecule has 0 aliphatic rings. The Kier molecular flexibility index (Phi) is 4.14. The zero-order valence-corrected chi connectivity index (χ0v) is 13.0. The summed E-state index contributed by atoms with van der Waals surface area (Å²) in [6.07, 6.45) is 2.66. The number of hydrogen-bond acceptors (Lipinski definition) is 5. The second-order valence-electron chi connectivity index (χ2n) is 4.23. The summed E-state index contributed by atoms with van der Waals surface area (Å²) in [4.78, 5) is 0.264. The van der Waals surface area contributed by atoms with Crippen molar-refractivity contribution in [2.24, 2.45) is 12.8 Å². The van der Waals surface area contributed by atoms with Gasteiger partial charge in [0.1, 0.15) is 15.6 Å². The Morgan fingerprint density at radius 2 is 2.19 bits per heavy atom. The maximum Gasteiger partial charge on any atom is 0.265 e. The van der Waals surface area contributed by atoms with Crippen LogP contribution < -0.4 is 15.2 Å². The number of rotatable bonds is 5. The van der Waals surface area contributed by atoms with Gasteiger partial charge >= 0.3 is 0 Å². The lowest BCUT2D eigenvalue weighted by atomic mass is 10.2. The van der Waals surface area contributed by atoms with Crippen LogP contribution in [0.2, 0.25) is 0 Å². The lowest BCUT2D eigenvalue weighted by molar-refractivity contribution is 0.417. The van der Waals surface area contributed by atoms with Crippen LogP contribution >= 0.6 is 12.2 Å². The summed E-state index contributed by atoms with van der Waals surface area (Å²) in [7, 11) is -0.669. The molecule has 0 amide bonds. The quantitative estimate of drug-likeness (QED) is 0.791. The third-order valence-electron chi connectivity index (χ3n) is 2.72. The van der Waals surface area contributed by atoms with Gasteiger partial charge in [0.25, 0.3) is 10.0 Å². The second kappa shape index (κ2) is 5.70. The van der Waals surface area contributed by atoms with E-state index in [1.165, 1.54) is 24.2 Å². The number of sulfonamides is 1. The highest BCUT2D eigenvalue weighted by Crippen LogP contribution is 2.27. The number of nitrogens with zero attached hydrogens (tertiary/aromatic N) is 2. The fraction of sp³-hybridized carbons (Fsp3) is 0.167. The molecule has 1 aromatic carbocycles. The van der Waals surface area contributed by atoms with Crippen molar-refractivity contribution in [2.75, 3.05) is 11.8 Å². The predicted molar refractivity (Wildman–Crippen MR) is 82.9 cm³/mol. The summed E-state index contributed by atoms with van der Waals surface area (Å²) in [6, 6.07) is 4.73. The van der Waals surface area contributed by atoms with Crippen LogP contribution in [0, 0.1) is 0 Å². The minimum atomic E-state index is -3.74. The molecule has 2 rings (SSSR count). The van der Waals surface area contributed by atoms with Crippen LogP contribution in [0.15, 0.2) is 35.5 Å². The predicted octanol–water partition coefficient (Wildman–Crippen LogP) is 0.864. The standard InChI is InChI=1S/C12H14N4O3S2/c1-16-7-9(6-14-16)21(17,18)15-10-4-3-8(12(13)20)5-11(10)19-2/h3-7,15H,1-2H3,(H2,13,20). The van der Waals surface area contributed by atoms with Crippen molar-refractivity contribution in [3.63, 3.8) is 0 Å². The number of nitrogens with two attached hydrogens (primary N) is 1. The number of benzene rings is 1. The average molecular weight is 326 g/mol. The highest BCUT2D eigenvalue weighted by Gasteiger charge is 2.18. The van der Waals surface area contributed by atoms with E-state index in [1.54, 1.807) is 25.2 Å². The van der Waals surface area contributed by atoms with Gasteiger partial charge in [0.15, 0.2) is 0 Å². The molecule has 0 spiro atoms.